The first-order valence-corrected chi connectivity index (χ1v) is 19.2. The molecule has 0 aromatic heterocycles. The van der Waals surface area contributed by atoms with Crippen LogP contribution in [0.5, 0.6) is 0 Å². The Bertz CT molecular complexity index is 1280. The number of amides is 8. The van der Waals surface area contributed by atoms with Gasteiger partial charge in [0.15, 0.2) is 0 Å². The fourth-order valence-corrected chi connectivity index (χ4v) is 4.18. The highest BCUT2D eigenvalue weighted by atomic mass is 16.6. The number of imide groups is 1. The van der Waals surface area contributed by atoms with Gasteiger partial charge in [0.1, 0.15) is 6.61 Å². The summed E-state index contributed by atoms with van der Waals surface area (Å²) < 4.78 is 5.26. The molecule has 8 amide bonds. The lowest BCUT2D eigenvalue weighted by atomic mass is 9.96. The second-order valence-electron chi connectivity index (χ2n) is 13.6. The Morgan fingerprint density at radius 2 is 1.47 bits per heavy atom. The number of hydrogen-bond donors (Lipinski definition) is 5. The summed E-state index contributed by atoms with van der Waals surface area (Å²) in [5, 5.41) is 10.3. The van der Waals surface area contributed by atoms with E-state index in [1.807, 2.05) is 41.5 Å². The fraction of sp³-hybridized carbons (Fsp3) is 0.625. The maximum Gasteiger partial charge on any atom is 0.409 e. The van der Waals surface area contributed by atoms with E-state index >= 15 is 0 Å². The van der Waals surface area contributed by atoms with Crippen molar-refractivity contribution in [2.75, 3.05) is 38.5 Å². The molecule has 55 heavy (non-hydrogen) atoms. The lowest BCUT2D eigenvalue weighted by Gasteiger charge is -2.25. The molecule has 0 fully saturated rings. The summed E-state index contributed by atoms with van der Waals surface area (Å²) in [6, 6.07) is 6.69. The number of carbonyl (C=O) groups excluding carboxylic acids is 7. The van der Waals surface area contributed by atoms with Crippen LogP contribution in [0.2, 0.25) is 0 Å². The molecule has 0 saturated heterocycles. The standard InChI is InChI=1S/C17H25N3O4.C15H24N2O3.C4H10N2O.2C2H6/c1-17(2,3)11-20(4)16(23)24-10-13-5-7-14(8-6-13)19-15(22)9-18-12-21;1-11(2)12(3)16-13(18)7-5-4-6-10-17-14(19)8-9-15(17)20;1-2-3-6-4(5)7;2*1-2/h5-8,12H,9-11H2,1-4H3,(H,18,21)(H,19,22);8-9,11-12H,4-7,10H2,1-3H3,(H,16,18);2-3H2,1H3,(H3,5,6,7);2*1-2H3. The number of carbonyl (C=O) groups is 7. The number of anilines is 1. The molecule has 15 nitrogen and oxygen atoms in total. The minimum atomic E-state index is -0.443. The number of ether oxygens (including phenoxy) is 1. The Morgan fingerprint density at radius 1 is 0.909 bits per heavy atom. The van der Waals surface area contributed by atoms with Gasteiger partial charge in [-0.3, -0.25) is 28.9 Å². The van der Waals surface area contributed by atoms with Gasteiger partial charge >= 0.3 is 12.1 Å². The SMILES string of the molecule is CC.CC.CC(C)C(C)NC(=O)CCCCCN1C(=O)C=CC1=O.CCCNC(N)=O.CN(CC(C)(C)C)C(=O)OCc1ccc(NC(=O)CNC=O)cc1. The van der Waals surface area contributed by atoms with Crippen LogP contribution in [0.1, 0.15) is 114 Å². The first-order chi connectivity index (χ1) is 25.9. The molecule has 1 aromatic carbocycles. The van der Waals surface area contributed by atoms with Crippen LogP contribution >= 0.6 is 0 Å². The van der Waals surface area contributed by atoms with E-state index in [1.54, 1.807) is 36.2 Å². The minimum absolute atomic E-state index is 0.00628. The zero-order valence-electron chi connectivity index (χ0n) is 35.5. The zero-order chi connectivity index (χ0) is 43.0. The van der Waals surface area contributed by atoms with E-state index in [4.69, 9.17) is 10.5 Å². The van der Waals surface area contributed by atoms with Crippen molar-refractivity contribution in [2.45, 2.75) is 121 Å². The lowest BCUT2D eigenvalue weighted by molar-refractivity contribution is -0.137. The van der Waals surface area contributed by atoms with E-state index in [2.05, 4.69) is 55.9 Å². The highest BCUT2D eigenvalue weighted by molar-refractivity contribution is 6.12. The van der Waals surface area contributed by atoms with Crippen LogP contribution in [0.3, 0.4) is 0 Å². The average Bonchev–Trinajstić information content (AvgIpc) is 3.46. The molecule has 2 rings (SSSR count). The van der Waals surface area contributed by atoms with Crippen molar-refractivity contribution in [3.63, 3.8) is 0 Å². The van der Waals surface area contributed by atoms with Gasteiger partial charge in [-0.2, -0.15) is 0 Å². The smallest absolute Gasteiger partial charge is 0.409 e. The molecular formula is C40H71N7O8. The predicted molar refractivity (Wildman–Crippen MR) is 219 cm³/mol. The molecule has 0 saturated carbocycles. The molecular weight excluding hydrogens is 706 g/mol. The van der Waals surface area contributed by atoms with E-state index in [-0.39, 0.29) is 54.3 Å². The van der Waals surface area contributed by atoms with Gasteiger partial charge in [-0.15, -0.1) is 0 Å². The maximum atomic E-state index is 11.9. The average molecular weight is 778 g/mol. The summed E-state index contributed by atoms with van der Waals surface area (Å²) >= 11 is 0. The Balaban J connectivity index is -0.000000784. The molecule has 1 aliphatic heterocycles. The normalized spacial score (nSPS) is 11.8. The number of primary amides is 1. The second kappa shape index (κ2) is 32.5. The summed E-state index contributed by atoms with van der Waals surface area (Å²) in [4.78, 5) is 80.4. The van der Waals surface area contributed by atoms with Gasteiger partial charge in [0.05, 0.1) is 6.54 Å². The van der Waals surface area contributed by atoms with Crippen LogP contribution in [0.15, 0.2) is 36.4 Å². The third-order valence-electron chi connectivity index (χ3n) is 7.09. The Labute approximate surface area is 329 Å². The van der Waals surface area contributed by atoms with Gasteiger partial charge in [-0.25, -0.2) is 9.59 Å². The first-order valence-electron chi connectivity index (χ1n) is 19.2. The van der Waals surface area contributed by atoms with Crippen molar-refractivity contribution in [3.8, 4) is 0 Å². The monoisotopic (exact) mass is 778 g/mol. The van der Waals surface area contributed by atoms with Crippen molar-refractivity contribution in [3.05, 3.63) is 42.0 Å². The van der Waals surface area contributed by atoms with E-state index in [0.717, 1.165) is 31.2 Å². The molecule has 1 heterocycles. The number of nitrogens with two attached hydrogens (primary N) is 1. The van der Waals surface area contributed by atoms with Gasteiger partial charge in [0.2, 0.25) is 18.2 Å². The largest absolute Gasteiger partial charge is 0.445 e. The van der Waals surface area contributed by atoms with Gasteiger partial charge in [-0.1, -0.05) is 87.8 Å². The van der Waals surface area contributed by atoms with Gasteiger partial charge < -0.3 is 36.6 Å². The van der Waals surface area contributed by atoms with Crippen molar-refractivity contribution in [1.82, 2.24) is 25.8 Å². The van der Waals surface area contributed by atoms with E-state index in [9.17, 15) is 33.6 Å². The Hall–Kier alpha value is -4.95. The molecule has 1 aliphatic rings. The summed E-state index contributed by atoms with van der Waals surface area (Å²) in [7, 11) is 1.71. The number of nitrogens with one attached hydrogen (secondary N) is 4. The third kappa shape index (κ3) is 30.1. The summed E-state index contributed by atoms with van der Waals surface area (Å²) in [5.41, 5.74) is 6.16. The number of unbranched alkanes of at least 4 members (excludes halogenated alkanes) is 2. The predicted octanol–water partition coefficient (Wildman–Crippen LogP) is 5.74. The molecule has 0 spiro atoms. The summed E-state index contributed by atoms with van der Waals surface area (Å²) in [6.45, 7) is 24.1. The van der Waals surface area contributed by atoms with Crippen LogP contribution in [-0.2, 0) is 35.3 Å². The van der Waals surface area contributed by atoms with Crippen LogP contribution in [0, 0.1) is 11.3 Å². The lowest BCUT2D eigenvalue weighted by Crippen LogP contribution is -2.35. The highest BCUT2D eigenvalue weighted by Gasteiger charge is 2.22. The third-order valence-corrected chi connectivity index (χ3v) is 7.09. The number of hydrogen-bond acceptors (Lipinski definition) is 8. The van der Waals surface area contributed by atoms with Crippen molar-refractivity contribution < 1.29 is 38.3 Å². The van der Waals surface area contributed by atoms with Crippen molar-refractivity contribution in [1.29, 1.82) is 0 Å². The number of nitrogens with zero attached hydrogens (tertiary/aromatic N) is 2. The topological polar surface area (TPSA) is 209 Å². The van der Waals surface area contributed by atoms with Gasteiger partial charge in [0, 0.05) is 57.0 Å². The fourth-order valence-electron chi connectivity index (χ4n) is 4.18. The van der Waals surface area contributed by atoms with Gasteiger partial charge in [0.25, 0.3) is 11.8 Å². The van der Waals surface area contributed by atoms with Crippen molar-refractivity contribution in [2.24, 2.45) is 17.1 Å². The number of rotatable bonds is 17. The Kier molecular flexibility index (Phi) is 32.1. The van der Waals surface area contributed by atoms with E-state index in [0.29, 0.717) is 44.1 Å². The molecule has 1 aromatic rings. The Morgan fingerprint density at radius 3 is 1.93 bits per heavy atom. The molecule has 1 unspecified atom stereocenters. The second-order valence-corrected chi connectivity index (χ2v) is 13.6. The number of urea groups is 1. The van der Waals surface area contributed by atoms with Crippen molar-refractivity contribution >= 4 is 47.9 Å². The van der Waals surface area contributed by atoms with Crippen LogP contribution in [0.25, 0.3) is 0 Å². The molecule has 314 valence electrons. The van der Waals surface area contributed by atoms with Crippen LogP contribution in [-0.4, -0.2) is 91.2 Å². The van der Waals surface area contributed by atoms with Crippen LogP contribution in [0.4, 0.5) is 15.3 Å². The maximum absolute atomic E-state index is 11.9. The molecule has 0 aliphatic carbocycles. The molecule has 6 N–H and O–H groups in total. The minimum Gasteiger partial charge on any atom is -0.445 e. The molecule has 15 heteroatoms. The summed E-state index contributed by atoms with van der Waals surface area (Å²) in [5.74, 6) is -0.290. The molecule has 0 bridgehead atoms. The molecule has 0 radical (unpaired) electrons. The van der Waals surface area contributed by atoms with Gasteiger partial charge in [-0.05, 0) is 55.2 Å². The quantitative estimate of drug-likeness (QED) is 0.0747. The van der Waals surface area contributed by atoms with E-state index in [1.165, 1.54) is 17.1 Å². The highest BCUT2D eigenvalue weighted by Crippen LogP contribution is 2.16. The summed E-state index contributed by atoms with van der Waals surface area (Å²) in [6.07, 6.45) is 6.47. The van der Waals surface area contributed by atoms with Crippen LogP contribution < -0.4 is 27.0 Å². The first kappa shape index (κ1) is 54.4. The zero-order valence-corrected chi connectivity index (χ0v) is 35.5. The van der Waals surface area contributed by atoms with E-state index < -0.39 is 6.03 Å². The number of benzene rings is 1. The molecule has 1 atom stereocenters.